The molecule has 32 heavy (non-hydrogen) atoms. The van der Waals surface area contributed by atoms with Gasteiger partial charge in [0.15, 0.2) is 16.7 Å². The first-order valence-corrected chi connectivity index (χ1v) is 11.1. The first-order chi connectivity index (χ1) is 15.6. The number of rotatable bonds is 5. The van der Waals surface area contributed by atoms with Crippen molar-refractivity contribution in [1.29, 1.82) is 0 Å². The molecule has 2 aromatic carbocycles. The van der Waals surface area contributed by atoms with Gasteiger partial charge in [0.05, 0.1) is 16.8 Å². The molecular weight excluding hydrogens is 426 g/mol. The van der Waals surface area contributed by atoms with Gasteiger partial charge in [0.25, 0.3) is 5.91 Å². The summed E-state index contributed by atoms with van der Waals surface area (Å²) in [5, 5.41) is 3.63. The molecule has 0 bridgehead atoms. The highest BCUT2D eigenvalue weighted by atomic mass is 32.2. The van der Waals surface area contributed by atoms with Crippen LogP contribution in [-0.2, 0) is 17.6 Å². The Balaban J connectivity index is 1.29. The first kappa shape index (κ1) is 20.3. The van der Waals surface area contributed by atoms with E-state index in [0.29, 0.717) is 22.9 Å². The lowest BCUT2D eigenvalue weighted by Crippen LogP contribution is -2.40. The summed E-state index contributed by atoms with van der Waals surface area (Å²) in [6.07, 6.45) is 1.04. The fourth-order valence-corrected chi connectivity index (χ4v) is 4.31. The number of ether oxygens (including phenoxy) is 2. The maximum absolute atomic E-state index is 12.7. The van der Waals surface area contributed by atoms with Crippen LogP contribution in [0.15, 0.2) is 59.9 Å². The maximum atomic E-state index is 12.7. The van der Waals surface area contributed by atoms with Gasteiger partial charge in [-0.25, -0.2) is 15.0 Å². The quantitative estimate of drug-likeness (QED) is 0.368. The lowest BCUT2D eigenvalue weighted by atomic mass is 10.2. The Morgan fingerprint density at radius 2 is 2.03 bits per heavy atom. The fourth-order valence-electron chi connectivity index (χ4n) is 3.45. The first-order valence-electron chi connectivity index (χ1n) is 10.1. The molecule has 1 aliphatic rings. The van der Waals surface area contributed by atoms with Crippen LogP contribution in [0.2, 0.25) is 0 Å². The third-order valence-electron chi connectivity index (χ3n) is 5.15. The largest absolute Gasteiger partial charge is 0.485 e. The topological polar surface area (TPSA) is 91.2 Å². The van der Waals surface area contributed by atoms with Crippen molar-refractivity contribution < 1.29 is 14.3 Å². The number of carbonyl (C=O) groups excluding carboxylic acids is 1. The monoisotopic (exact) mass is 447 g/mol. The lowest BCUT2D eigenvalue weighted by molar-refractivity contribution is -0.125. The molecule has 0 aliphatic carbocycles. The van der Waals surface area contributed by atoms with Gasteiger partial charge in [0.1, 0.15) is 12.4 Å². The van der Waals surface area contributed by atoms with Crippen molar-refractivity contribution in [2.45, 2.75) is 23.9 Å². The number of carbonyl (C=O) groups is 1. The van der Waals surface area contributed by atoms with Crippen LogP contribution >= 0.6 is 11.8 Å². The molecule has 0 saturated carbocycles. The van der Waals surface area contributed by atoms with Gasteiger partial charge in [-0.05, 0) is 43.3 Å². The lowest BCUT2D eigenvalue weighted by Gasteiger charge is -2.25. The van der Waals surface area contributed by atoms with E-state index in [0.717, 1.165) is 27.7 Å². The Bertz CT molecular complexity index is 1310. The summed E-state index contributed by atoms with van der Waals surface area (Å²) < 4.78 is 13.5. The van der Waals surface area contributed by atoms with Crippen LogP contribution in [0.4, 0.5) is 5.69 Å². The SMILES string of the molecule is Cc1ccnc(SCc2nc3cc(NC(=O)[C@H]4COc5ccccc5O4)ccc3n2C)n1. The van der Waals surface area contributed by atoms with Crippen LogP contribution in [0.3, 0.4) is 0 Å². The third-order valence-corrected chi connectivity index (χ3v) is 6.00. The molecule has 2 aromatic heterocycles. The maximum Gasteiger partial charge on any atom is 0.269 e. The predicted octanol–water partition coefficient (Wildman–Crippen LogP) is 3.74. The van der Waals surface area contributed by atoms with Gasteiger partial charge < -0.3 is 19.4 Å². The Labute approximate surface area is 189 Å². The van der Waals surface area contributed by atoms with Crippen LogP contribution in [0, 0.1) is 6.92 Å². The molecule has 0 spiro atoms. The van der Waals surface area contributed by atoms with Crippen LogP contribution < -0.4 is 14.8 Å². The van der Waals surface area contributed by atoms with Crippen LogP contribution in [-0.4, -0.2) is 38.1 Å². The third kappa shape index (κ3) is 4.11. The Kier molecular flexibility index (Phi) is 5.40. The van der Waals surface area contributed by atoms with Crippen molar-refractivity contribution >= 4 is 34.4 Å². The van der Waals surface area contributed by atoms with Crippen molar-refractivity contribution in [3.8, 4) is 11.5 Å². The number of anilines is 1. The molecule has 8 nitrogen and oxygen atoms in total. The minimum Gasteiger partial charge on any atom is -0.485 e. The zero-order chi connectivity index (χ0) is 22.1. The number of benzene rings is 2. The van der Waals surface area contributed by atoms with Crippen molar-refractivity contribution in [3.05, 3.63) is 66.2 Å². The summed E-state index contributed by atoms with van der Waals surface area (Å²) in [5.41, 5.74) is 3.38. The van der Waals surface area contributed by atoms with Gasteiger partial charge in [-0.15, -0.1) is 0 Å². The molecule has 0 fully saturated rings. The van der Waals surface area contributed by atoms with Gasteiger partial charge in [-0.3, -0.25) is 4.79 Å². The summed E-state index contributed by atoms with van der Waals surface area (Å²) >= 11 is 1.54. The molecule has 0 saturated heterocycles. The molecule has 1 atom stereocenters. The van der Waals surface area contributed by atoms with E-state index < -0.39 is 6.10 Å². The number of para-hydroxylation sites is 2. The number of fused-ring (bicyclic) bond motifs is 2. The van der Waals surface area contributed by atoms with Crippen LogP contribution in [0.25, 0.3) is 11.0 Å². The minimum absolute atomic E-state index is 0.164. The molecule has 1 aliphatic heterocycles. The zero-order valence-corrected chi connectivity index (χ0v) is 18.4. The van der Waals surface area contributed by atoms with Gasteiger partial charge >= 0.3 is 0 Å². The molecule has 0 radical (unpaired) electrons. The molecule has 4 aromatic rings. The van der Waals surface area contributed by atoms with Gasteiger partial charge in [-0.1, -0.05) is 23.9 Å². The van der Waals surface area contributed by atoms with E-state index in [4.69, 9.17) is 14.5 Å². The molecule has 162 valence electrons. The second-order valence-electron chi connectivity index (χ2n) is 7.41. The highest BCUT2D eigenvalue weighted by molar-refractivity contribution is 7.98. The number of thioether (sulfide) groups is 1. The number of nitrogens with zero attached hydrogens (tertiary/aromatic N) is 4. The molecule has 5 rings (SSSR count). The molecule has 1 amide bonds. The zero-order valence-electron chi connectivity index (χ0n) is 17.6. The van der Waals surface area contributed by atoms with Crippen molar-refractivity contribution in [1.82, 2.24) is 19.5 Å². The second kappa shape index (κ2) is 8.51. The molecule has 1 N–H and O–H groups in total. The Morgan fingerprint density at radius 3 is 2.88 bits per heavy atom. The van der Waals surface area contributed by atoms with Crippen LogP contribution in [0.5, 0.6) is 11.5 Å². The Morgan fingerprint density at radius 1 is 1.19 bits per heavy atom. The van der Waals surface area contributed by atoms with Crippen LogP contribution in [0.1, 0.15) is 11.5 Å². The standard InChI is InChI=1S/C23H21N5O3S/c1-14-9-10-24-23(25-14)32-13-21-27-16-11-15(7-8-17(16)28(21)2)26-22(29)20-12-30-18-5-3-4-6-19(18)31-20/h3-11,20H,12-13H2,1-2H3,(H,26,29)/t20-/m1/s1. The summed E-state index contributed by atoms with van der Waals surface area (Å²) in [5.74, 6) is 2.50. The number of nitrogens with one attached hydrogen (secondary N) is 1. The summed E-state index contributed by atoms with van der Waals surface area (Å²) in [6.45, 7) is 2.11. The average molecular weight is 448 g/mol. The highest BCUT2D eigenvalue weighted by Crippen LogP contribution is 2.31. The van der Waals surface area contributed by atoms with Gasteiger partial charge in [0, 0.05) is 24.6 Å². The number of aryl methyl sites for hydroxylation is 2. The van der Waals surface area contributed by atoms with Crippen molar-refractivity contribution in [2.75, 3.05) is 11.9 Å². The highest BCUT2D eigenvalue weighted by Gasteiger charge is 2.27. The van der Waals surface area contributed by atoms with E-state index in [1.54, 1.807) is 12.3 Å². The van der Waals surface area contributed by atoms with Gasteiger partial charge in [-0.2, -0.15) is 0 Å². The average Bonchev–Trinajstić information content (AvgIpc) is 3.12. The van der Waals surface area contributed by atoms with E-state index >= 15 is 0 Å². The smallest absolute Gasteiger partial charge is 0.269 e. The molecular formula is C23H21N5O3S. The van der Waals surface area contributed by atoms with Crippen molar-refractivity contribution in [2.24, 2.45) is 7.05 Å². The second-order valence-corrected chi connectivity index (χ2v) is 8.36. The van der Waals surface area contributed by atoms with E-state index in [2.05, 4.69) is 15.3 Å². The summed E-state index contributed by atoms with van der Waals surface area (Å²) in [6, 6.07) is 14.9. The number of hydrogen-bond donors (Lipinski definition) is 1. The van der Waals surface area contributed by atoms with E-state index in [1.807, 2.05) is 61.0 Å². The Hall–Kier alpha value is -3.59. The molecule has 9 heteroatoms. The number of imidazole rings is 1. The fraction of sp³-hybridized carbons (Fsp3) is 0.217. The van der Waals surface area contributed by atoms with E-state index in [9.17, 15) is 4.79 Å². The minimum atomic E-state index is -0.717. The van der Waals surface area contributed by atoms with E-state index in [1.165, 1.54) is 11.8 Å². The van der Waals surface area contributed by atoms with Crippen molar-refractivity contribution in [3.63, 3.8) is 0 Å². The van der Waals surface area contributed by atoms with Gasteiger partial charge in [0.2, 0.25) is 6.10 Å². The molecule has 3 heterocycles. The van der Waals surface area contributed by atoms with E-state index in [-0.39, 0.29) is 12.5 Å². The normalized spacial score (nSPS) is 15.0. The predicted molar refractivity (Wildman–Crippen MR) is 122 cm³/mol. The molecule has 0 unspecified atom stereocenters. The summed E-state index contributed by atoms with van der Waals surface area (Å²) in [7, 11) is 1.98. The number of amides is 1. The summed E-state index contributed by atoms with van der Waals surface area (Å²) in [4.78, 5) is 26.2. The number of aromatic nitrogens is 4. The number of hydrogen-bond acceptors (Lipinski definition) is 7.